The fourth-order valence-corrected chi connectivity index (χ4v) is 3.13. The van der Waals surface area contributed by atoms with Gasteiger partial charge >= 0.3 is 0 Å². The molecule has 0 aromatic carbocycles. The Bertz CT molecular complexity index is 239. The topological polar surface area (TPSA) is 21.8 Å². The van der Waals surface area contributed by atoms with Gasteiger partial charge in [0.15, 0.2) is 0 Å². The molecule has 22 heavy (non-hydrogen) atoms. The van der Waals surface area contributed by atoms with E-state index in [4.69, 9.17) is 0 Å². The van der Waals surface area contributed by atoms with Gasteiger partial charge in [0.2, 0.25) is 0 Å². The Hall–Kier alpha value is -0.160. The van der Waals surface area contributed by atoms with Crippen molar-refractivity contribution < 1.29 is 0 Å². The lowest BCUT2D eigenvalue weighted by Crippen LogP contribution is -2.45. The van der Waals surface area contributed by atoms with E-state index in [0.717, 1.165) is 6.54 Å². The Labute approximate surface area is 139 Å². The lowest BCUT2D eigenvalue weighted by molar-refractivity contribution is 0.145. The summed E-state index contributed by atoms with van der Waals surface area (Å²) in [7, 11) is 4.29. The van der Waals surface area contributed by atoms with Crippen LogP contribution in [0.25, 0.3) is 0 Å². The normalized spacial score (nSPS) is 17.5. The molecule has 4 heteroatoms. The monoisotopic (exact) mass is 312 g/mol. The molecule has 0 bridgehead atoms. The van der Waals surface area contributed by atoms with Crippen LogP contribution in [-0.2, 0) is 0 Å². The van der Waals surface area contributed by atoms with Gasteiger partial charge in [0.25, 0.3) is 0 Å². The van der Waals surface area contributed by atoms with Crippen molar-refractivity contribution in [3.05, 3.63) is 0 Å². The maximum Gasteiger partial charge on any atom is 0.0110 e. The fraction of sp³-hybridized carbons (Fsp3) is 1.00. The summed E-state index contributed by atoms with van der Waals surface area (Å²) < 4.78 is 0. The van der Waals surface area contributed by atoms with Crippen LogP contribution in [0.4, 0.5) is 0 Å². The molecular formula is C18H40N4. The van der Waals surface area contributed by atoms with Gasteiger partial charge in [-0.15, -0.1) is 0 Å². The van der Waals surface area contributed by atoms with E-state index in [2.05, 4.69) is 41.0 Å². The van der Waals surface area contributed by atoms with Crippen LogP contribution < -0.4 is 5.32 Å². The Kier molecular flexibility index (Phi) is 12.0. The van der Waals surface area contributed by atoms with E-state index in [9.17, 15) is 0 Å². The minimum absolute atomic E-state index is 1.11. The second-order valence-corrected chi connectivity index (χ2v) is 6.86. The molecule has 132 valence electrons. The highest BCUT2D eigenvalue weighted by atomic mass is 15.2. The summed E-state index contributed by atoms with van der Waals surface area (Å²) in [5, 5.41) is 3.30. The first-order chi connectivity index (χ1) is 10.8. The highest BCUT2D eigenvalue weighted by Crippen LogP contribution is 2.05. The molecule has 0 aliphatic carbocycles. The number of hydrogen-bond acceptors (Lipinski definition) is 4. The fourth-order valence-electron chi connectivity index (χ4n) is 3.13. The molecule has 0 unspecified atom stereocenters. The summed E-state index contributed by atoms with van der Waals surface area (Å²) >= 11 is 0. The number of nitrogens with one attached hydrogen (secondary N) is 1. The first-order valence-electron chi connectivity index (χ1n) is 9.54. The zero-order valence-electron chi connectivity index (χ0n) is 15.4. The summed E-state index contributed by atoms with van der Waals surface area (Å²) in [6.07, 6.45) is 8.26. The van der Waals surface area contributed by atoms with E-state index in [1.54, 1.807) is 0 Å². The average Bonchev–Trinajstić information content (AvgIpc) is 2.53. The number of hydrogen-bond donors (Lipinski definition) is 1. The minimum Gasteiger partial charge on any atom is -0.318 e. The summed E-state index contributed by atoms with van der Waals surface area (Å²) in [6.45, 7) is 13.4. The summed E-state index contributed by atoms with van der Waals surface area (Å²) in [4.78, 5) is 7.74. The number of piperazine rings is 1. The van der Waals surface area contributed by atoms with E-state index < -0.39 is 0 Å². The summed E-state index contributed by atoms with van der Waals surface area (Å²) in [5.74, 6) is 0. The molecular weight excluding hydrogens is 272 g/mol. The van der Waals surface area contributed by atoms with Gasteiger partial charge in [0.05, 0.1) is 0 Å². The third-order valence-electron chi connectivity index (χ3n) is 4.80. The molecule has 1 N–H and O–H groups in total. The second-order valence-electron chi connectivity index (χ2n) is 6.86. The molecule has 1 saturated heterocycles. The molecule has 0 aromatic rings. The quantitative estimate of drug-likeness (QED) is 0.526. The molecule has 1 fully saturated rings. The van der Waals surface area contributed by atoms with E-state index in [1.807, 2.05) is 0 Å². The van der Waals surface area contributed by atoms with Crippen LogP contribution in [-0.4, -0.2) is 87.7 Å². The van der Waals surface area contributed by atoms with Crippen molar-refractivity contribution in [2.75, 3.05) is 73.0 Å². The van der Waals surface area contributed by atoms with Gasteiger partial charge in [-0.3, -0.25) is 0 Å². The molecule has 1 aliphatic rings. The van der Waals surface area contributed by atoms with Crippen molar-refractivity contribution >= 4 is 0 Å². The number of nitrogens with zero attached hydrogens (tertiary/aromatic N) is 3. The molecule has 0 saturated carbocycles. The van der Waals surface area contributed by atoms with Gasteiger partial charge in [-0.2, -0.15) is 0 Å². The number of likely N-dealkylation sites (N-methyl/N-ethyl adjacent to an activating group) is 2. The highest BCUT2D eigenvalue weighted by molar-refractivity contribution is 4.70. The van der Waals surface area contributed by atoms with Crippen molar-refractivity contribution in [2.24, 2.45) is 0 Å². The van der Waals surface area contributed by atoms with Gasteiger partial charge in [-0.1, -0.05) is 32.6 Å². The van der Waals surface area contributed by atoms with Crippen molar-refractivity contribution in [3.8, 4) is 0 Å². The number of unbranched alkanes of at least 4 members (excludes halogenated alkanes) is 4. The summed E-state index contributed by atoms with van der Waals surface area (Å²) in [5.41, 5.74) is 0. The van der Waals surface area contributed by atoms with Crippen molar-refractivity contribution in [1.29, 1.82) is 0 Å². The third-order valence-corrected chi connectivity index (χ3v) is 4.80. The van der Waals surface area contributed by atoms with Crippen LogP contribution >= 0.6 is 0 Å². The molecule has 0 amide bonds. The van der Waals surface area contributed by atoms with Gasteiger partial charge in [-0.25, -0.2) is 0 Å². The molecule has 0 radical (unpaired) electrons. The Balaban J connectivity index is 2.11. The van der Waals surface area contributed by atoms with Crippen LogP contribution in [0.2, 0.25) is 0 Å². The molecule has 1 rings (SSSR count). The van der Waals surface area contributed by atoms with E-state index in [1.165, 1.54) is 90.9 Å². The second kappa shape index (κ2) is 13.3. The first kappa shape index (κ1) is 19.9. The average molecular weight is 313 g/mol. The highest BCUT2D eigenvalue weighted by Gasteiger charge is 2.13. The molecule has 0 aromatic heterocycles. The van der Waals surface area contributed by atoms with Crippen molar-refractivity contribution in [3.63, 3.8) is 0 Å². The SMILES string of the molecule is CCCCCCCN(CCCN1CCN(C)CC1)CCNC. The van der Waals surface area contributed by atoms with Gasteiger partial charge in [0, 0.05) is 39.3 Å². The Morgan fingerprint density at radius 2 is 1.55 bits per heavy atom. The van der Waals surface area contributed by atoms with Crippen LogP contribution in [0.3, 0.4) is 0 Å². The smallest absolute Gasteiger partial charge is 0.0110 e. The third kappa shape index (κ3) is 9.78. The van der Waals surface area contributed by atoms with E-state index in [0.29, 0.717) is 0 Å². The molecule has 0 spiro atoms. The Morgan fingerprint density at radius 3 is 2.23 bits per heavy atom. The molecule has 1 heterocycles. The molecule has 1 aliphatic heterocycles. The van der Waals surface area contributed by atoms with Crippen LogP contribution in [0.15, 0.2) is 0 Å². The zero-order valence-corrected chi connectivity index (χ0v) is 15.4. The lowest BCUT2D eigenvalue weighted by Gasteiger charge is -2.33. The lowest BCUT2D eigenvalue weighted by atomic mass is 10.1. The first-order valence-corrected chi connectivity index (χ1v) is 9.54. The molecule has 0 atom stereocenters. The van der Waals surface area contributed by atoms with Gasteiger partial charge in [-0.05, 0) is 46.6 Å². The Morgan fingerprint density at radius 1 is 0.864 bits per heavy atom. The minimum atomic E-state index is 1.11. The van der Waals surface area contributed by atoms with Crippen molar-refractivity contribution in [1.82, 2.24) is 20.0 Å². The maximum atomic E-state index is 3.30. The van der Waals surface area contributed by atoms with Gasteiger partial charge in [0.1, 0.15) is 0 Å². The van der Waals surface area contributed by atoms with Crippen LogP contribution in [0, 0.1) is 0 Å². The largest absolute Gasteiger partial charge is 0.318 e. The maximum absolute atomic E-state index is 3.30. The van der Waals surface area contributed by atoms with Crippen molar-refractivity contribution in [2.45, 2.75) is 45.4 Å². The standard InChI is InChI=1S/C18H40N4/c1-4-5-6-7-8-11-21(14-10-19-2)12-9-13-22-17-15-20(3)16-18-22/h19H,4-18H2,1-3H3. The predicted octanol–water partition coefficient (Wildman–Crippen LogP) is 2.12. The van der Waals surface area contributed by atoms with E-state index >= 15 is 0 Å². The van der Waals surface area contributed by atoms with Crippen LogP contribution in [0.1, 0.15) is 45.4 Å². The van der Waals surface area contributed by atoms with Gasteiger partial charge < -0.3 is 20.0 Å². The van der Waals surface area contributed by atoms with E-state index in [-0.39, 0.29) is 0 Å². The predicted molar refractivity (Wildman–Crippen MR) is 97.7 cm³/mol. The zero-order chi connectivity index (χ0) is 16.0. The summed E-state index contributed by atoms with van der Waals surface area (Å²) in [6, 6.07) is 0. The molecule has 4 nitrogen and oxygen atoms in total. The number of rotatable bonds is 13. The van der Waals surface area contributed by atoms with Crippen LogP contribution in [0.5, 0.6) is 0 Å².